The summed E-state index contributed by atoms with van der Waals surface area (Å²) < 4.78 is 0. The highest BCUT2D eigenvalue weighted by atomic mass is 16.1. The first kappa shape index (κ1) is 18.7. The van der Waals surface area contributed by atoms with E-state index in [1.54, 1.807) is 0 Å². The van der Waals surface area contributed by atoms with Crippen LogP contribution in [-0.2, 0) is 13.0 Å². The van der Waals surface area contributed by atoms with Gasteiger partial charge in [-0.1, -0.05) is 49.4 Å². The first-order valence-corrected chi connectivity index (χ1v) is 9.36. The van der Waals surface area contributed by atoms with E-state index in [2.05, 4.69) is 35.8 Å². The van der Waals surface area contributed by atoms with Gasteiger partial charge in [0, 0.05) is 23.5 Å². The van der Waals surface area contributed by atoms with Gasteiger partial charge >= 0.3 is 0 Å². The highest BCUT2D eigenvalue weighted by Gasteiger charge is 2.09. The molecule has 0 heterocycles. The standard InChI is InChI=1S/C24H26N2O/c1-4-20-9-5-6-11-22(20)25-16-19-8-7-10-21(15-19)24(27)26-23-14-17(2)12-13-18(23)3/h5-15,25H,4,16H2,1-3H3,(H,26,27). The Morgan fingerprint density at radius 2 is 1.70 bits per heavy atom. The Bertz CT molecular complexity index is 947. The molecular weight excluding hydrogens is 332 g/mol. The van der Waals surface area contributed by atoms with Gasteiger partial charge in [0.2, 0.25) is 0 Å². The molecule has 0 bridgehead atoms. The van der Waals surface area contributed by atoms with Crippen LogP contribution in [0.2, 0.25) is 0 Å². The molecule has 3 nitrogen and oxygen atoms in total. The summed E-state index contributed by atoms with van der Waals surface area (Å²) in [6.07, 6.45) is 0.988. The van der Waals surface area contributed by atoms with E-state index in [1.807, 2.05) is 62.4 Å². The Morgan fingerprint density at radius 1 is 0.889 bits per heavy atom. The monoisotopic (exact) mass is 358 g/mol. The van der Waals surface area contributed by atoms with Gasteiger partial charge in [0.1, 0.15) is 0 Å². The number of amides is 1. The molecule has 0 fully saturated rings. The second kappa shape index (κ2) is 8.54. The van der Waals surface area contributed by atoms with Gasteiger partial charge in [-0.3, -0.25) is 4.79 Å². The largest absolute Gasteiger partial charge is 0.381 e. The van der Waals surface area contributed by atoms with E-state index in [4.69, 9.17) is 0 Å². The number of anilines is 2. The zero-order valence-corrected chi connectivity index (χ0v) is 16.2. The summed E-state index contributed by atoms with van der Waals surface area (Å²) in [5, 5.41) is 6.51. The molecule has 0 unspecified atom stereocenters. The van der Waals surface area contributed by atoms with Crippen LogP contribution in [-0.4, -0.2) is 5.91 Å². The lowest BCUT2D eigenvalue weighted by atomic mass is 10.1. The quantitative estimate of drug-likeness (QED) is 0.591. The third-order valence-corrected chi connectivity index (χ3v) is 4.71. The third-order valence-electron chi connectivity index (χ3n) is 4.71. The minimum absolute atomic E-state index is 0.0838. The predicted molar refractivity (Wildman–Crippen MR) is 113 cm³/mol. The molecule has 0 spiro atoms. The molecule has 3 heteroatoms. The summed E-state index contributed by atoms with van der Waals surface area (Å²) in [5.41, 5.74) is 7.23. The maximum absolute atomic E-state index is 12.7. The molecule has 0 aliphatic carbocycles. The van der Waals surface area contributed by atoms with Gasteiger partial charge in [-0.15, -0.1) is 0 Å². The van der Waals surface area contributed by atoms with E-state index in [-0.39, 0.29) is 5.91 Å². The fourth-order valence-electron chi connectivity index (χ4n) is 3.09. The highest BCUT2D eigenvalue weighted by molar-refractivity contribution is 6.04. The van der Waals surface area contributed by atoms with Crippen molar-refractivity contribution in [2.75, 3.05) is 10.6 Å². The number of benzene rings is 3. The maximum Gasteiger partial charge on any atom is 0.255 e. The van der Waals surface area contributed by atoms with Crippen molar-refractivity contribution in [3.05, 3.63) is 94.5 Å². The summed E-state index contributed by atoms with van der Waals surface area (Å²) in [5.74, 6) is -0.0838. The smallest absolute Gasteiger partial charge is 0.255 e. The van der Waals surface area contributed by atoms with Crippen LogP contribution in [0.1, 0.15) is 39.5 Å². The van der Waals surface area contributed by atoms with Crippen LogP contribution in [0.5, 0.6) is 0 Å². The Morgan fingerprint density at radius 3 is 2.52 bits per heavy atom. The molecule has 0 radical (unpaired) electrons. The number of aryl methyl sites for hydroxylation is 3. The van der Waals surface area contributed by atoms with E-state index < -0.39 is 0 Å². The van der Waals surface area contributed by atoms with E-state index in [9.17, 15) is 4.79 Å². The number of hydrogen-bond donors (Lipinski definition) is 2. The second-order valence-corrected chi connectivity index (χ2v) is 6.84. The average Bonchev–Trinajstić information content (AvgIpc) is 2.69. The van der Waals surface area contributed by atoms with Crippen molar-refractivity contribution in [2.45, 2.75) is 33.7 Å². The van der Waals surface area contributed by atoms with Crippen molar-refractivity contribution < 1.29 is 4.79 Å². The van der Waals surface area contributed by atoms with Crippen LogP contribution in [0, 0.1) is 13.8 Å². The van der Waals surface area contributed by atoms with Gasteiger partial charge in [0.15, 0.2) is 0 Å². The molecule has 0 saturated heterocycles. The second-order valence-electron chi connectivity index (χ2n) is 6.84. The van der Waals surface area contributed by atoms with E-state index in [1.165, 1.54) is 5.56 Å². The molecule has 0 aliphatic heterocycles. The minimum atomic E-state index is -0.0838. The van der Waals surface area contributed by atoms with Gasteiger partial charge in [-0.2, -0.15) is 0 Å². The summed E-state index contributed by atoms with van der Waals surface area (Å²) in [6.45, 7) is 6.86. The fraction of sp³-hybridized carbons (Fsp3) is 0.208. The Hall–Kier alpha value is -3.07. The zero-order chi connectivity index (χ0) is 19.2. The zero-order valence-electron chi connectivity index (χ0n) is 16.2. The number of nitrogens with one attached hydrogen (secondary N) is 2. The molecule has 138 valence electrons. The van der Waals surface area contributed by atoms with Crippen LogP contribution in [0.25, 0.3) is 0 Å². The molecule has 0 saturated carbocycles. The van der Waals surface area contributed by atoms with Crippen molar-refractivity contribution in [3.63, 3.8) is 0 Å². The van der Waals surface area contributed by atoms with Crippen LogP contribution < -0.4 is 10.6 Å². The molecule has 0 aromatic heterocycles. The first-order chi connectivity index (χ1) is 13.1. The molecule has 0 atom stereocenters. The van der Waals surface area contributed by atoms with E-state index >= 15 is 0 Å². The Labute approximate surface area is 161 Å². The minimum Gasteiger partial charge on any atom is -0.381 e. The number of hydrogen-bond acceptors (Lipinski definition) is 2. The lowest BCUT2D eigenvalue weighted by Crippen LogP contribution is -2.13. The average molecular weight is 358 g/mol. The van der Waals surface area contributed by atoms with Gasteiger partial charge in [0.25, 0.3) is 5.91 Å². The Balaban J connectivity index is 1.71. The summed E-state index contributed by atoms with van der Waals surface area (Å²) in [6, 6.07) is 22.2. The molecule has 27 heavy (non-hydrogen) atoms. The molecule has 0 aliphatic rings. The summed E-state index contributed by atoms with van der Waals surface area (Å²) in [7, 11) is 0. The van der Waals surface area contributed by atoms with Gasteiger partial charge in [-0.25, -0.2) is 0 Å². The maximum atomic E-state index is 12.7. The van der Waals surface area contributed by atoms with E-state index in [0.29, 0.717) is 12.1 Å². The van der Waals surface area contributed by atoms with Gasteiger partial charge in [-0.05, 0) is 66.8 Å². The lowest BCUT2D eigenvalue weighted by Gasteiger charge is -2.12. The highest BCUT2D eigenvalue weighted by Crippen LogP contribution is 2.19. The third kappa shape index (κ3) is 4.76. The Kier molecular flexibility index (Phi) is 5.92. The van der Waals surface area contributed by atoms with E-state index in [0.717, 1.165) is 34.5 Å². The first-order valence-electron chi connectivity index (χ1n) is 9.36. The topological polar surface area (TPSA) is 41.1 Å². The lowest BCUT2D eigenvalue weighted by molar-refractivity contribution is 0.102. The molecule has 3 rings (SSSR count). The summed E-state index contributed by atoms with van der Waals surface area (Å²) in [4.78, 5) is 12.7. The van der Waals surface area contributed by atoms with Gasteiger partial charge < -0.3 is 10.6 Å². The van der Waals surface area contributed by atoms with Crippen molar-refractivity contribution >= 4 is 17.3 Å². The van der Waals surface area contributed by atoms with Gasteiger partial charge in [0.05, 0.1) is 0 Å². The van der Waals surface area contributed by atoms with Crippen molar-refractivity contribution in [2.24, 2.45) is 0 Å². The normalized spacial score (nSPS) is 10.5. The molecule has 3 aromatic carbocycles. The van der Waals surface area contributed by atoms with Crippen molar-refractivity contribution in [3.8, 4) is 0 Å². The SMILES string of the molecule is CCc1ccccc1NCc1cccc(C(=O)Nc2cc(C)ccc2C)c1. The number of carbonyl (C=O) groups excluding carboxylic acids is 1. The van der Waals surface area contributed by atoms with Crippen molar-refractivity contribution in [1.82, 2.24) is 0 Å². The van der Waals surface area contributed by atoms with Crippen LogP contribution in [0.4, 0.5) is 11.4 Å². The molecule has 1 amide bonds. The predicted octanol–water partition coefficient (Wildman–Crippen LogP) is 5.73. The van der Waals surface area contributed by atoms with Crippen LogP contribution in [0.15, 0.2) is 66.7 Å². The molecular formula is C24H26N2O. The molecule has 2 N–H and O–H groups in total. The van der Waals surface area contributed by atoms with Crippen LogP contribution >= 0.6 is 0 Å². The number of carbonyl (C=O) groups is 1. The molecule has 3 aromatic rings. The van der Waals surface area contributed by atoms with Crippen LogP contribution in [0.3, 0.4) is 0 Å². The number of rotatable bonds is 6. The number of para-hydroxylation sites is 1. The summed E-state index contributed by atoms with van der Waals surface area (Å²) >= 11 is 0. The fourth-order valence-corrected chi connectivity index (χ4v) is 3.09. The van der Waals surface area contributed by atoms with Crippen molar-refractivity contribution in [1.29, 1.82) is 0 Å².